The molecule has 0 saturated heterocycles. The zero-order chi connectivity index (χ0) is 13.8. The van der Waals surface area contributed by atoms with Crippen molar-refractivity contribution in [2.45, 2.75) is 6.18 Å². The smallest absolute Gasteiger partial charge is 0.422 e. The largest absolute Gasteiger partial charge is 0.478 e. The number of ether oxygens (including phenoxy) is 1. The van der Waals surface area contributed by atoms with E-state index in [1.165, 1.54) is 0 Å². The molecule has 0 aliphatic carbocycles. The number of pyridine rings is 1. The topological polar surface area (TPSA) is 88.5 Å². The molecule has 0 aliphatic rings. The first kappa shape index (κ1) is 13.7. The summed E-state index contributed by atoms with van der Waals surface area (Å²) >= 11 is 0. The molecule has 0 radical (unpaired) electrons. The van der Waals surface area contributed by atoms with Crippen molar-refractivity contribution in [3.8, 4) is 0 Å². The summed E-state index contributed by atoms with van der Waals surface area (Å²) in [5.41, 5.74) is -0.564. The molecule has 18 heavy (non-hydrogen) atoms. The minimum atomic E-state index is -4.65. The number of hydrogen-bond donors (Lipinski definition) is 2. The van der Waals surface area contributed by atoms with Gasteiger partial charge in [0.25, 0.3) is 0 Å². The Labute approximate surface area is 98.4 Å². The van der Waals surface area contributed by atoms with Crippen LogP contribution in [0, 0.1) is 0 Å². The number of carboxylic acids is 1. The third-order valence-corrected chi connectivity index (χ3v) is 1.66. The summed E-state index contributed by atoms with van der Waals surface area (Å²) in [7, 11) is 0. The van der Waals surface area contributed by atoms with Crippen molar-refractivity contribution in [2.75, 3.05) is 11.9 Å². The molecule has 1 aromatic heterocycles. The van der Waals surface area contributed by atoms with Crippen molar-refractivity contribution >= 4 is 17.7 Å². The first-order chi connectivity index (χ1) is 8.29. The SMILES string of the molecule is O=C(Nc1cnccc1C(=O)O)OCC(F)(F)F. The number of anilines is 1. The van der Waals surface area contributed by atoms with E-state index in [0.717, 1.165) is 18.5 Å². The highest BCUT2D eigenvalue weighted by molar-refractivity contribution is 5.98. The Morgan fingerprint density at radius 2 is 2.11 bits per heavy atom. The monoisotopic (exact) mass is 264 g/mol. The standard InChI is InChI=1S/C9H7F3N2O4/c10-9(11,12)4-18-8(17)14-6-3-13-2-1-5(6)7(15)16/h1-3H,4H2,(H,14,17)(H,15,16). The Bertz CT molecular complexity index is 461. The van der Waals surface area contributed by atoms with Crippen LogP contribution in [0.2, 0.25) is 0 Å². The molecule has 0 fully saturated rings. The molecular formula is C9H7F3N2O4. The number of alkyl halides is 3. The van der Waals surface area contributed by atoms with Gasteiger partial charge in [0.1, 0.15) is 0 Å². The molecule has 2 N–H and O–H groups in total. The Morgan fingerprint density at radius 3 is 2.67 bits per heavy atom. The summed E-state index contributed by atoms with van der Waals surface area (Å²) in [4.78, 5) is 25.2. The number of carboxylic acid groups (broad SMARTS) is 1. The summed E-state index contributed by atoms with van der Waals surface area (Å²) in [6.07, 6.45) is -3.92. The Hall–Kier alpha value is -2.32. The van der Waals surface area contributed by atoms with E-state index in [0.29, 0.717) is 0 Å². The highest BCUT2D eigenvalue weighted by Gasteiger charge is 2.29. The average Bonchev–Trinajstić information content (AvgIpc) is 2.26. The van der Waals surface area contributed by atoms with Crippen LogP contribution in [0.3, 0.4) is 0 Å². The second-order valence-corrected chi connectivity index (χ2v) is 3.04. The van der Waals surface area contributed by atoms with Crippen molar-refractivity contribution in [1.82, 2.24) is 4.98 Å². The minimum Gasteiger partial charge on any atom is -0.478 e. The minimum absolute atomic E-state index is 0.253. The van der Waals surface area contributed by atoms with Gasteiger partial charge in [0, 0.05) is 6.20 Å². The highest BCUT2D eigenvalue weighted by Crippen LogP contribution is 2.16. The van der Waals surface area contributed by atoms with Gasteiger partial charge >= 0.3 is 18.2 Å². The zero-order valence-corrected chi connectivity index (χ0v) is 8.69. The molecule has 0 aromatic carbocycles. The van der Waals surface area contributed by atoms with Gasteiger partial charge in [-0.3, -0.25) is 10.3 Å². The molecule has 0 bridgehead atoms. The molecule has 0 spiro atoms. The maximum absolute atomic E-state index is 11.8. The third kappa shape index (κ3) is 4.28. The van der Waals surface area contributed by atoms with Gasteiger partial charge in [-0.25, -0.2) is 9.59 Å². The van der Waals surface area contributed by atoms with Crippen LogP contribution in [0.15, 0.2) is 18.5 Å². The molecule has 6 nitrogen and oxygen atoms in total. The first-order valence-corrected chi connectivity index (χ1v) is 4.47. The van der Waals surface area contributed by atoms with Crippen LogP contribution in [0.5, 0.6) is 0 Å². The first-order valence-electron chi connectivity index (χ1n) is 4.47. The summed E-state index contributed by atoms with van der Waals surface area (Å²) in [5.74, 6) is -1.36. The Balaban J connectivity index is 2.68. The van der Waals surface area contributed by atoms with Crippen LogP contribution < -0.4 is 5.32 Å². The van der Waals surface area contributed by atoms with Crippen molar-refractivity contribution in [3.63, 3.8) is 0 Å². The number of nitrogens with zero attached hydrogens (tertiary/aromatic N) is 1. The van der Waals surface area contributed by atoms with Crippen molar-refractivity contribution < 1.29 is 32.6 Å². The van der Waals surface area contributed by atoms with Crippen molar-refractivity contribution in [3.05, 3.63) is 24.0 Å². The van der Waals surface area contributed by atoms with Crippen LogP contribution in [0.1, 0.15) is 10.4 Å². The predicted octanol–water partition coefficient (Wildman–Crippen LogP) is 1.89. The van der Waals surface area contributed by atoms with Gasteiger partial charge in [0.2, 0.25) is 0 Å². The van der Waals surface area contributed by atoms with Crippen LogP contribution in [-0.4, -0.2) is 34.9 Å². The summed E-state index contributed by atoms with van der Waals surface area (Å²) in [6, 6.07) is 1.09. The van der Waals surface area contributed by atoms with Gasteiger partial charge in [0.05, 0.1) is 17.4 Å². The van der Waals surface area contributed by atoms with E-state index in [-0.39, 0.29) is 11.3 Å². The van der Waals surface area contributed by atoms with E-state index in [2.05, 4.69) is 9.72 Å². The number of aromatic carboxylic acids is 1. The zero-order valence-electron chi connectivity index (χ0n) is 8.69. The van der Waals surface area contributed by atoms with Gasteiger partial charge < -0.3 is 9.84 Å². The maximum atomic E-state index is 11.8. The molecule has 98 valence electrons. The maximum Gasteiger partial charge on any atom is 0.422 e. The summed E-state index contributed by atoms with van der Waals surface area (Å²) in [6.45, 7) is -1.76. The molecule has 0 unspecified atom stereocenters. The number of halogens is 3. The van der Waals surface area contributed by atoms with E-state index >= 15 is 0 Å². The lowest BCUT2D eigenvalue weighted by molar-refractivity contribution is -0.159. The fraction of sp³-hybridized carbons (Fsp3) is 0.222. The Morgan fingerprint density at radius 1 is 1.44 bits per heavy atom. The fourth-order valence-electron chi connectivity index (χ4n) is 0.974. The van der Waals surface area contributed by atoms with E-state index in [1.54, 1.807) is 0 Å². The second kappa shape index (κ2) is 5.34. The van der Waals surface area contributed by atoms with Crippen LogP contribution in [-0.2, 0) is 4.74 Å². The van der Waals surface area contributed by atoms with E-state index < -0.39 is 24.8 Å². The quantitative estimate of drug-likeness (QED) is 0.870. The van der Waals surface area contributed by atoms with Gasteiger partial charge in [-0.05, 0) is 6.07 Å². The average molecular weight is 264 g/mol. The fourth-order valence-corrected chi connectivity index (χ4v) is 0.974. The number of nitrogens with one attached hydrogen (secondary N) is 1. The molecule has 1 heterocycles. The number of carbonyl (C=O) groups excluding carboxylic acids is 1. The number of hydrogen-bond acceptors (Lipinski definition) is 4. The lowest BCUT2D eigenvalue weighted by atomic mass is 10.2. The van der Waals surface area contributed by atoms with Crippen LogP contribution in [0.25, 0.3) is 0 Å². The van der Waals surface area contributed by atoms with Crippen molar-refractivity contribution in [1.29, 1.82) is 0 Å². The molecular weight excluding hydrogens is 257 g/mol. The van der Waals surface area contributed by atoms with Gasteiger partial charge in [-0.2, -0.15) is 13.2 Å². The molecule has 0 saturated carbocycles. The van der Waals surface area contributed by atoms with Gasteiger partial charge in [0.15, 0.2) is 6.61 Å². The van der Waals surface area contributed by atoms with Gasteiger partial charge in [-0.15, -0.1) is 0 Å². The summed E-state index contributed by atoms with van der Waals surface area (Å²) < 4.78 is 39.1. The predicted molar refractivity (Wildman–Crippen MR) is 52.2 cm³/mol. The van der Waals surface area contributed by atoms with E-state index in [9.17, 15) is 22.8 Å². The number of aromatic nitrogens is 1. The molecule has 0 atom stereocenters. The molecule has 1 amide bonds. The number of rotatable bonds is 3. The van der Waals surface area contributed by atoms with Crippen molar-refractivity contribution in [2.24, 2.45) is 0 Å². The third-order valence-electron chi connectivity index (χ3n) is 1.66. The van der Waals surface area contributed by atoms with Gasteiger partial charge in [-0.1, -0.05) is 0 Å². The molecule has 1 aromatic rings. The molecule has 9 heteroatoms. The highest BCUT2D eigenvalue weighted by atomic mass is 19.4. The summed E-state index contributed by atoms with van der Waals surface area (Å²) in [5, 5.41) is 10.6. The lowest BCUT2D eigenvalue weighted by Gasteiger charge is -2.10. The van der Waals surface area contributed by atoms with E-state index in [1.807, 2.05) is 5.32 Å². The van der Waals surface area contributed by atoms with Crippen LogP contribution in [0.4, 0.5) is 23.7 Å². The number of amides is 1. The second-order valence-electron chi connectivity index (χ2n) is 3.04. The van der Waals surface area contributed by atoms with Crippen LogP contribution >= 0.6 is 0 Å². The normalized spacial score (nSPS) is 10.8. The molecule has 1 rings (SSSR count). The lowest BCUT2D eigenvalue weighted by Crippen LogP contribution is -2.24. The Kier molecular flexibility index (Phi) is 4.08. The molecule has 0 aliphatic heterocycles. The van der Waals surface area contributed by atoms with E-state index in [4.69, 9.17) is 5.11 Å². The number of carbonyl (C=O) groups is 2.